The van der Waals surface area contributed by atoms with Crippen LogP contribution in [0.25, 0.3) is 0 Å². The number of ether oxygens (including phenoxy) is 1. The van der Waals surface area contributed by atoms with Gasteiger partial charge in [-0.15, -0.1) is 0 Å². The average molecular weight is 479 g/mol. The zero-order chi connectivity index (χ0) is 23.4. The number of nitrogens with two attached hydrogens (primary N) is 1. The number of primary sulfonamides is 1. The molecule has 0 unspecified atom stereocenters. The number of hydrogen-bond acceptors (Lipinski definition) is 8. The highest BCUT2D eigenvalue weighted by molar-refractivity contribution is 7.90. The van der Waals surface area contributed by atoms with E-state index in [0.29, 0.717) is 0 Å². The van der Waals surface area contributed by atoms with Crippen LogP contribution in [0, 0.1) is 0 Å². The van der Waals surface area contributed by atoms with Gasteiger partial charge in [0.25, 0.3) is 5.91 Å². The summed E-state index contributed by atoms with van der Waals surface area (Å²) in [6, 6.07) is 14.2. The molecule has 0 saturated carbocycles. The van der Waals surface area contributed by atoms with E-state index in [1.807, 2.05) is 0 Å². The van der Waals surface area contributed by atoms with E-state index in [-0.39, 0.29) is 26.8 Å². The van der Waals surface area contributed by atoms with Crippen molar-refractivity contribution >= 4 is 37.4 Å². The number of rotatable bonds is 8. The molecule has 168 valence electrons. The molecular weight excluding hydrogens is 460 g/mol. The van der Waals surface area contributed by atoms with Crippen LogP contribution in [-0.2, 0) is 35.1 Å². The van der Waals surface area contributed by atoms with Gasteiger partial charge in [-0.05, 0) is 36.4 Å². The number of sulfonamides is 1. The predicted molar refractivity (Wildman–Crippen MR) is 113 cm³/mol. The van der Waals surface area contributed by atoms with Crippen LogP contribution < -0.4 is 10.5 Å². The van der Waals surface area contributed by atoms with Crippen LogP contribution >= 0.6 is 0 Å². The molecule has 1 aromatic heterocycles. The van der Waals surface area contributed by atoms with Crippen molar-refractivity contribution in [1.82, 2.24) is 0 Å². The van der Waals surface area contributed by atoms with E-state index in [2.05, 4.69) is 5.32 Å². The first-order valence-corrected chi connectivity index (χ1v) is 12.2. The average Bonchev–Trinajstić information content (AvgIpc) is 3.20. The number of benzene rings is 2. The van der Waals surface area contributed by atoms with Gasteiger partial charge in [-0.2, -0.15) is 0 Å². The Morgan fingerprint density at radius 1 is 0.938 bits per heavy atom. The Bertz CT molecular complexity index is 1350. The maximum absolute atomic E-state index is 12.5. The lowest BCUT2D eigenvalue weighted by Crippen LogP contribution is -2.21. The van der Waals surface area contributed by atoms with E-state index in [0.717, 1.165) is 12.3 Å². The van der Waals surface area contributed by atoms with E-state index in [1.54, 1.807) is 18.2 Å². The first kappa shape index (κ1) is 23.2. The Labute approximate surface area is 184 Å². The van der Waals surface area contributed by atoms with Crippen molar-refractivity contribution in [2.45, 2.75) is 15.5 Å². The summed E-state index contributed by atoms with van der Waals surface area (Å²) in [7, 11) is -7.69. The molecule has 0 radical (unpaired) electrons. The molecule has 12 heteroatoms. The molecule has 3 N–H and O–H groups in total. The van der Waals surface area contributed by atoms with Gasteiger partial charge in [0.05, 0.1) is 21.8 Å². The lowest BCUT2D eigenvalue weighted by Gasteiger charge is -2.08. The van der Waals surface area contributed by atoms with Crippen LogP contribution in [0.4, 0.5) is 5.69 Å². The van der Waals surface area contributed by atoms with Gasteiger partial charge in [0, 0.05) is 11.3 Å². The zero-order valence-corrected chi connectivity index (χ0v) is 18.1. The standard InChI is InChI=1S/C20H18N2O8S2/c21-32(27,28)17-8-4-5-15(11-17)22-18(23)12-30-20(24)19-14(9-10-29-19)13-31(25,26)16-6-2-1-3-7-16/h1-11H,12-13H2,(H,22,23)(H2,21,27,28). The molecule has 10 nitrogen and oxygen atoms in total. The van der Waals surface area contributed by atoms with Crippen molar-refractivity contribution in [3.05, 3.63) is 78.3 Å². The molecule has 0 spiro atoms. The van der Waals surface area contributed by atoms with Crippen LogP contribution in [0.3, 0.4) is 0 Å². The fraction of sp³-hybridized carbons (Fsp3) is 0.100. The number of carbonyl (C=O) groups is 2. The molecule has 0 aliphatic rings. The van der Waals surface area contributed by atoms with E-state index in [1.165, 1.54) is 36.4 Å². The van der Waals surface area contributed by atoms with Crippen LogP contribution in [-0.4, -0.2) is 35.3 Å². The molecule has 0 saturated heterocycles. The monoisotopic (exact) mass is 478 g/mol. The molecule has 1 amide bonds. The summed E-state index contributed by atoms with van der Waals surface area (Å²) in [5.41, 5.74) is 0.213. The maximum atomic E-state index is 12.5. The number of nitrogens with one attached hydrogen (secondary N) is 1. The fourth-order valence-electron chi connectivity index (χ4n) is 2.69. The second kappa shape index (κ2) is 9.34. The maximum Gasteiger partial charge on any atom is 0.375 e. The number of amides is 1. The van der Waals surface area contributed by atoms with Gasteiger partial charge in [0.2, 0.25) is 15.8 Å². The van der Waals surface area contributed by atoms with Crippen LogP contribution in [0.15, 0.2) is 81.1 Å². The molecule has 1 heterocycles. The molecular formula is C20H18N2O8S2. The molecule has 0 atom stereocenters. The summed E-state index contributed by atoms with van der Waals surface area (Å²) in [6.45, 7) is -0.718. The van der Waals surface area contributed by atoms with Crippen molar-refractivity contribution in [2.75, 3.05) is 11.9 Å². The van der Waals surface area contributed by atoms with Gasteiger partial charge in [-0.3, -0.25) is 4.79 Å². The third-order valence-corrected chi connectivity index (χ3v) is 6.75. The number of sulfone groups is 1. The second-order valence-corrected chi connectivity index (χ2v) is 10.1. The van der Waals surface area contributed by atoms with Crippen LogP contribution in [0.1, 0.15) is 16.1 Å². The molecule has 3 aromatic rings. The Kier molecular flexibility index (Phi) is 6.77. The van der Waals surface area contributed by atoms with Gasteiger partial charge in [-0.25, -0.2) is 26.8 Å². The Hall–Kier alpha value is -3.48. The Morgan fingerprint density at radius 3 is 2.31 bits per heavy atom. The highest BCUT2D eigenvalue weighted by Crippen LogP contribution is 2.20. The topological polar surface area (TPSA) is 163 Å². The van der Waals surface area contributed by atoms with E-state index in [9.17, 15) is 26.4 Å². The van der Waals surface area contributed by atoms with E-state index in [4.69, 9.17) is 14.3 Å². The molecule has 0 bridgehead atoms. The summed E-state index contributed by atoms with van der Waals surface area (Å²) >= 11 is 0. The Morgan fingerprint density at radius 2 is 1.62 bits per heavy atom. The molecule has 3 rings (SSSR count). The molecule has 0 fully saturated rings. The van der Waals surface area contributed by atoms with Crippen molar-refractivity contribution < 1.29 is 35.6 Å². The smallest absolute Gasteiger partial charge is 0.375 e. The van der Waals surface area contributed by atoms with Gasteiger partial charge in [0.1, 0.15) is 0 Å². The number of hydrogen-bond donors (Lipinski definition) is 2. The van der Waals surface area contributed by atoms with Gasteiger partial charge < -0.3 is 14.5 Å². The highest BCUT2D eigenvalue weighted by Gasteiger charge is 2.24. The summed E-state index contributed by atoms with van der Waals surface area (Å²) in [5, 5.41) is 7.41. The van der Waals surface area contributed by atoms with Gasteiger partial charge in [0.15, 0.2) is 16.4 Å². The molecule has 2 aromatic carbocycles. The minimum atomic E-state index is -3.95. The third kappa shape index (κ3) is 5.81. The lowest BCUT2D eigenvalue weighted by atomic mass is 10.3. The minimum Gasteiger partial charge on any atom is -0.457 e. The van der Waals surface area contributed by atoms with Crippen molar-refractivity contribution in [1.29, 1.82) is 0 Å². The third-order valence-electron chi connectivity index (χ3n) is 4.16. The normalized spacial score (nSPS) is 11.7. The molecule has 0 aliphatic carbocycles. The van der Waals surface area contributed by atoms with Crippen molar-refractivity contribution in [3.8, 4) is 0 Å². The molecule has 32 heavy (non-hydrogen) atoms. The first-order valence-electron chi connectivity index (χ1n) is 9.00. The van der Waals surface area contributed by atoms with E-state index >= 15 is 0 Å². The summed E-state index contributed by atoms with van der Waals surface area (Å²) in [4.78, 5) is 24.2. The summed E-state index contributed by atoms with van der Waals surface area (Å²) < 4.78 is 57.8. The number of carbonyl (C=O) groups excluding carboxylic acids is 2. The summed E-state index contributed by atoms with van der Waals surface area (Å²) in [5.74, 6) is -2.62. The van der Waals surface area contributed by atoms with E-state index < -0.39 is 44.1 Å². The zero-order valence-electron chi connectivity index (χ0n) is 16.4. The fourth-order valence-corrected chi connectivity index (χ4v) is 4.62. The highest BCUT2D eigenvalue weighted by atomic mass is 32.2. The number of furan rings is 1. The lowest BCUT2D eigenvalue weighted by molar-refractivity contribution is -0.119. The van der Waals surface area contributed by atoms with Crippen LogP contribution in [0.2, 0.25) is 0 Å². The van der Waals surface area contributed by atoms with Crippen LogP contribution in [0.5, 0.6) is 0 Å². The first-order chi connectivity index (χ1) is 15.1. The summed E-state index contributed by atoms with van der Waals surface area (Å²) in [6.07, 6.45) is 1.14. The number of anilines is 1. The largest absolute Gasteiger partial charge is 0.457 e. The van der Waals surface area contributed by atoms with Crippen molar-refractivity contribution in [3.63, 3.8) is 0 Å². The molecule has 0 aliphatic heterocycles. The van der Waals surface area contributed by atoms with Gasteiger partial charge >= 0.3 is 5.97 Å². The quantitative estimate of drug-likeness (QED) is 0.462. The number of esters is 1. The second-order valence-electron chi connectivity index (χ2n) is 6.54. The Balaban J connectivity index is 1.63. The van der Waals surface area contributed by atoms with Gasteiger partial charge in [-0.1, -0.05) is 24.3 Å². The van der Waals surface area contributed by atoms with Crippen molar-refractivity contribution in [2.24, 2.45) is 5.14 Å². The SMILES string of the molecule is NS(=O)(=O)c1cccc(NC(=O)COC(=O)c2occc2CS(=O)(=O)c2ccccc2)c1. The predicted octanol–water partition coefficient (Wildman–Crippen LogP) is 1.70. The minimum absolute atomic E-state index is 0.0834.